The minimum Gasteiger partial charge on any atom is -0.344 e. The Morgan fingerprint density at radius 2 is 1.74 bits per heavy atom. The molecule has 2 atom stereocenters. The lowest BCUT2D eigenvalue weighted by Crippen LogP contribution is -2.32. The Balaban J connectivity index is 2.17. The zero-order valence-electron chi connectivity index (χ0n) is 14.3. The molecule has 2 aromatic rings. The summed E-state index contributed by atoms with van der Waals surface area (Å²) in [5, 5.41) is 3.07. The Labute approximate surface area is 138 Å². The first kappa shape index (κ1) is 17.1. The SMILES string of the molecule is CC[C@@H](C)c1ccc([C@H](NC(=O)c2cnccn2)C(C)C)cc1. The van der Waals surface area contributed by atoms with Crippen molar-refractivity contribution >= 4 is 5.91 Å². The van der Waals surface area contributed by atoms with Gasteiger partial charge in [0, 0.05) is 12.4 Å². The molecule has 4 heteroatoms. The van der Waals surface area contributed by atoms with Crippen LogP contribution in [0, 0.1) is 5.92 Å². The summed E-state index contributed by atoms with van der Waals surface area (Å²) in [6.45, 7) is 8.62. The molecule has 0 aliphatic carbocycles. The maximum Gasteiger partial charge on any atom is 0.271 e. The highest BCUT2D eigenvalue weighted by Gasteiger charge is 2.20. The molecule has 0 spiro atoms. The zero-order chi connectivity index (χ0) is 16.8. The van der Waals surface area contributed by atoms with Gasteiger partial charge in [-0.3, -0.25) is 9.78 Å². The van der Waals surface area contributed by atoms with Crippen molar-refractivity contribution in [2.24, 2.45) is 5.92 Å². The molecule has 0 unspecified atom stereocenters. The van der Waals surface area contributed by atoms with Crippen molar-refractivity contribution in [1.82, 2.24) is 15.3 Å². The highest BCUT2D eigenvalue weighted by molar-refractivity contribution is 5.92. The number of rotatable bonds is 6. The van der Waals surface area contributed by atoms with Crippen LogP contribution in [0.3, 0.4) is 0 Å². The number of benzene rings is 1. The van der Waals surface area contributed by atoms with Crippen LogP contribution in [0.2, 0.25) is 0 Å². The van der Waals surface area contributed by atoms with Gasteiger partial charge in [0.2, 0.25) is 0 Å². The Bertz CT molecular complexity index is 623. The maximum absolute atomic E-state index is 12.3. The first-order chi connectivity index (χ1) is 11.0. The van der Waals surface area contributed by atoms with Gasteiger partial charge in [0.25, 0.3) is 5.91 Å². The number of nitrogens with zero attached hydrogens (tertiary/aromatic N) is 2. The molecular weight excluding hydrogens is 286 g/mol. The Kier molecular flexibility index (Phi) is 5.85. The van der Waals surface area contributed by atoms with Crippen LogP contribution in [-0.2, 0) is 0 Å². The van der Waals surface area contributed by atoms with E-state index in [9.17, 15) is 4.79 Å². The van der Waals surface area contributed by atoms with Gasteiger partial charge in [-0.15, -0.1) is 0 Å². The molecule has 0 radical (unpaired) electrons. The quantitative estimate of drug-likeness (QED) is 0.873. The van der Waals surface area contributed by atoms with Gasteiger partial charge in [-0.1, -0.05) is 52.0 Å². The summed E-state index contributed by atoms with van der Waals surface area (Å²) >= 11 is 0. The summed E-state index contributed by atoms with van der Waals surface area (Å²) in [6.07, 6.45) is 5.69. The first-order valence-electron chi connectivity index (χ1n) is 8.19. The van der Waals surface area contributed by atoms with Gasteiger partial charge >= 0.3 is 0 Å². The third-order valence-corrected chi connectivity index (χ3v) is 4.23. The highest BCUT2D eigenvalue weighted by atomic mass is 16.1. The molecule has 0 saturated carbocycles. The number of aromatic nitrogens is 2. The van der Waals surface area contributed by atoms with Crippen LogP contribution in [0.25, 0.3) is 0 Å². The van der Waals surface area contributed by atoms with Gasteiger partial charge < -0.3 is 5.32 Å². The van der Waals surface area contributed by atoms with E-state index in [1.807, 2.05) is 0 Å². The van der Waals surface area contributed by atoms with E-state index in [1.165, 1.54) is 18.0 Å². The topological polar surface area (TPSA) is 54.9 Å². The molecular formula is C19H25N3O. The normalized spacial score (nSPS) is 13.6. The van der Waals surface area contributed by atoms with Crippen molar-refractivity contribution in [3.8, 4) is 0 Å². The van der Waals surface area contributed by atoms with Crippen LogP contribution in [0.1, 0.15) is 67.7 Å². The van der Waals surface area contributed by atoms with Gasteiger partial charge in [0.05, 0.1) is 12.2 Å². The number of carbonyl (C=O) groups is 1. The van der Waals surface area contributed by atoms with E-state index in [0.717, 1.165) is 12.0 Å². The molecule has 122 valence electrons. The molecule has 0 fully saturated rings. The van der Waals surface area contributed by atoms with Crippen molar-refractivity contribution in [1.29, 1.82) is 0 Å². The van der Waals surface area contributed by atoms with Crippen molar-refractivity contribution in [2.45, 2.75) is 46.1 Å². The van der Waals surface area contributed by atoms with Crippen LogP contribution < -0.4 is 5.32 Å². The van der Waals surface area contributed by atoms with E-state index in [1.54, 1.807) is 6.20 Å². The average molecular weight is 311 g/mol. The first-order valence-corrected chi connectivity index (χ1v) is 8.19. The number of amides is 1. The molecule has 0 saturated heterocycles. The largest absolute Gasteiger partial charge is 0.344 e. The second kappa shape index (κ2) is 7.86. The zero-order valence-corrected chi connectivity index (χ0v) is 14.3. The molecule has 23 heavy (non-hydrogen) atoms. The van der Waals surface area contributed by atoms with Crippen LogP contribution in [-0.4, -0.2) is 15.9 Å². The predicted octanol–water partition coefficient (Wildman–Crippen LogP) is 4.12. The summed E-state index contributed by atoms with van der Waals surface area (Å²) in [7, 11) is 0. The van der Waals surface area contributed by atoms with Crippen LogP contribution in [0.4, 0.5) is 0 Å². The minimum absolute atomic E-state index is 0.0458. The third kappa shape index (κ3) is 4.38. The highest BCUT2D eigenvalue weighted by Crippen LogP contribution is 2.25. The Morgan fingerprint density at radius 3 is 2.26 bits per heavy atom. The molecule has 1 amide bonds. The van der Waals surface area contributed by atoms with Crippen molar-refractivity contribution in [2.75, 3.05) is 0 Å². The molecule has 0 bridgehead atoms. The lowest BCUT2D eigenvalue weighted by molar-refractivity contribution is 0.0920. The lowest BCUT2D eigenvalue weighted by Gasteiger charge is -2.23. The van der Waals surface area contributed by atoms with E-state index in [4.69, 9.17) is 0 Å². The molecule has 0 aliphatic heterocycles. The molecule has 1 aromatic heterocycles. The maximum atomic E-state index is 12.3. The standard InChI is InChI=1S/C19H25N3O/c1-5-14(4)15-6-8-16(9-7-15)18(13(2)3)22-19(23)17-12-20-10-11-21-17/h6-14,18H,5H2,1-4H3,(H,22,23)/t14-,18-/m1/s1. The second-order valence-electron chi connectivity index (χ2n) is 6.26. The number of nitrogens with one attached hydrogen (secondary N) is 1. The van der Waals surface area contributed by atoms with E-state index in [0.29, 0.717) is 11.6 Å². The molecule has 1 aromatic carbocycles. The predicted molar refractivity (Wildman–Crippen MR) is 92.2 cm³/mol. The summed E-state index contributed by atoms with van der Waals surface area (Å²) in [5.41, 5.74) is 2.79. The fourth-order valence-electron chi connectivity index (χ4n) is 2.53. The fraction of sp³-hybridized carbons (Fsp3) is 0.421. The number of hydrogen-bond acceptors (Lipinski definition) is 3. The van der Waals surface area contributed by atoms with Crippen LogP contribution >= 0.6 is 0 Å². The molecule has 2 rings (SSSR count). The monoisotopic (exact) mass is 311 g/mol. The van der Waals surface area contributed by atoms with E-state index in [-0.39, 0.29) is 17.9 Å². The fourth-order valence-corrected chi connectivity index (χ4v) is 2.53. The molecule has 4 nitrogen and oxygen atoms in total. The number of hydrogen-bond donors (Lipinski definition) is 1. The number of carbonyl (C=O) groups excluding carboxylic acids is 1. The Hall–Kier alpha value is -2.23. The van der Waals surface area contributed by atoms with Crippen molar-refractivity contribution in [3.05, 3.63) is 59.7 Å². The van der Waals surface area contributed by atoms with Crippen molar-refractivity contribution < 1.29 is 4.79 Å². The van der Waals surface area contributed by atoms with Gasteiger partial charge in [-0.25, -0.2) is 4.98 Å². The van der Waals surface area contributed by atoms with Crippen LogP contribution in [0.5, 0.6) is 0 Å². The smallest absolute Gasteiger partial charge is 0.271 e. The summed E-state index contributed by atoms with van der Waals surface area (Å²) in [5.74, 6) is 0.642. The van der Waals surface area contributed by atoms with Gasteiger partial charge in [0.1, 0.15) is 5.69 Å². The third-order valence-electron chi connectivity index (χ3n) is 4.23. The van der Waals surface area contributed by atoms with Crippen LogP contribution in [0.15, 0.2) is 42.9 Å². The van der Waals surface area contributed by atoms with Gasteiger partial charge in [-0.05, 0) is 29.4 Å². The minimum atomic E-state index is -0.192. The van der Waals surface area contributed by atoms with Gasteiger partial charge in [0.15, 0.2) is 0 Å². The summed E-state index contributed by atoms with van der Waals surface area (Å²) in [4.78, 5) is 20.3. The molecule has 1 heterocycles. The lowest BCUT2D eigenvalue weighted by atomic mass is 9.92. The van der Waals surface area contributed by atoms with E-state index in [2.05, 4.69) is 67.2 Å². The van der Waals surface area contributed by atoms with Crippen molar-refractivity contribution in [3.63, 3.8) is 0 Å². The molecule has 1 N–H and O–H groups in total. The Morgan fingerprint density at radius 1 is 1.09 bits per heavy atom. The van der Waals surface area contributed by atoms with E-state index < -0.39 is 0 Å². The second-order valence-corrected chi connectivity index (χ2v) is 6.26. The van der Waals surface area contributed by atoms with E-state index >= 15 is 0 Å². The van der Waals surface area contributed by atoms with Gasteiger partial charge in [-0.2, -0.15) is 0 Å². The summed E-state index contributed by atoms with van der Waals surface area (Å²) < 4.78 is 0. The average Bonchev–Trinajstić information content (AvgIpc) is 2.59. The summed E-state index contributed by atoms with van der Waals surface area (Å²) in [6, 6.07) is 8.50. The molecule has 0 aliphatic rings.